The number of hydrogen-bond donors (Lipinski definition) is 1. The monoisotopic (exact) mass is 272 g/mol. The summed E-state index contributed by atoms with van der Waals surface area (Å²) in [7, 11) is 0. The Labute approximate surface area is 114 Å². The summed E-state index contributed by atoms with van der Waals surface area (Å²) in [5.74, 6) is 0.475. The number of aryl methyl sites for hydroxylation is 2. The van der Waals surface area contributed by atoms with Crippen molar-refractivity contribution in [3.8, 4) is 0 Å². The number of rotatable bonds is 2. The molecule has 1 amide bonds. The average molecular weight is 272 g/mol. The smallest absolute Gasteiger partial charge is 0.259 e. The van der Waals surface area contributed by atoms with Gasteiger partial charge in [0.25, 0.3) is 5.91 Å². The van der Waals surface area contributed by atoms with Crippen LogP contribution in [0.25, 0.3) is 10.2 Å². The van der Waals surface area contributed by atoms with Crippen molar-refractivity contribution in [2.24, 2.45) is 0 Å². The molecule has 0 spiro atoms. The molecule has 96 valence electrons. The van der Waals surface area contributed by atoms with Gasteiger partial charge in [-0.05, 0) is 32.0 Å². The first-order valence-corrected chi connectivity index (χ1v) is 6.72. The number of carbonyl (C=O) groups is 1. The third-order valence-corrected chi connectivity index (χ3v) is 3.78. The lowest BCUT2D eigenvalue weighted by Gasteiger charge is -2.05. The number of hydrogen-bond acceptors (Lipinski definition) is 4. The normalized spacial score (nSPS) is 10.8. The van der Waals surface area contributed by atoms with Gasteiger partial charge in [-0.25, -0.2) is 4.98 Å². The summed E-state index contributed by atoms with van der Waals surface area (Å²) >= 11 is 1.58. The van der Waals surface area contributed by atoms with Crippen molar-refractivity contribution in [2.45, 2.75) is 13.8 Å². The van der Waals surface area contributed by atoms with Crippen LogP contribution in [0.2, 0.25) is 0 Å². The van der Waals surface area contributed by atoms with Crippen molar-refractivity contribution < 1.29 is 9.21 Å². The third kappa shape index (κ3) is 2.13. The van der Waals surface area contributed by atoms with E-state index in [0.717, 1.165) is 21.5 Å². The van der Waals surface area contributed by atoms with E-state index >= 15 is 0 Å². The number of nitrogens with zero attached hydrogens (tertiary/aromatic N) is 1. The van der Waals surface area contributed by atoms with E-state index in [0.29, 0.717) is 11.3 Å². The molecule has 0 aliphatic rings. The molecule has 4 nitrogen and oxygen atoms in total. The lowest BCUT2D eigenvalue weighted by Crippen LogP contribution is -2.13. The highest BCUT2D eigenvalue weighted by molar-refractivity contribution is 7.16. The van der Waals surface area contributed by atoms with E-state index < -0.39 is 0 Å². The van der Waals surface area contributed by atoms with Gasteiger partial charge in [-0.2, -0.15) is 0 Å². The van der Waals surface area contributed by atoms with E-state index in [9.17, 15) is 4.79 Å². The summed E-state index contributed by atoms with van der Waals surface area (Å²) in [5.41, 5.74) is 4.86. The Bertz CT molecular complexity index is 738. The molecule has 0 unspecified atom stereocenters. The SMILES string of the molecule is Cc1coc(C)c1C(=O)Nc1ccc2scnc2c1. The number of anilines is 1. The van der Waals surface area contributed by atoms with Gasteiger partial charge in [-0.15, -0.1) is 11.3 Å². The van der Waals surface area contributed by atoms with Crippen LogP contribution in [-0.4, -0.2) is 10.9 Å². The van der Waals surface area contributed by atoms with E-state index in [-0.39, 0.29) is 5.91 Å². The van der Waals surface area contributed by atoms with Gasteiger partial charge < -0.3 is 9.73 Å². The van der Waals surface area contributed by atoms with Crippen molar-refractivity contribution in [1.29, 1.82) is 0 Å². The number of aromatic nitrogens is 1. The molecule has 2 aromatic heterocycles. The van der Waals surface area contributed by atoms with Crippen LogP contribution in [0.5, 0.6) is 0 Å². The Morgan fingerprint density at radius 3 is 2.95 bits per heavy atom. The molecule has 0 aliphatic carbocycles. The van der Waals surface area contributed by atoms with E-state index in [4.69, 9.17) is 4.42 Å². The zero-order valence-corrected chi connectivity index (χ0v) is 11.4. The van der Waals surface area contributed by atoms with Crippen LogP contribution in [-0.2, 0) is 0 Å². The van der Waals surface area contributed by atoms with Crippen LogP contribution < -0.4 is 5.32 Å². The zero-order chi connectivity index (χ0) is 13.4. The van der Waals surface area contributed by atoms with Crippen molar-refractivity contribution in [1.82, 2.24) is 4.98 Å². The molecule has 0 atom stereocenters. The first-order valence-electron chi connectivity index (χ1n) is 5.84. The average Bonchev–Trinajstić information content (AvgIpc) is 2.95. The Morgan fingerprint density at radius 2 is 2.21 bits per heavy atom. The quantitative estimate of drug-likeness (QED) is 0.772. The Morgan fingerprint density at radius 1 is 1.37 bits per heavy atom. The predicted octanol–water partition coefficient (Wildman–Crippen LogP) is 3.76. The summed E-state index contributed by atoms with van der Waals surface area (Å²) in [5, 5.41) is 2.87. The summed E-state index contributed by atoms with van der Waals surface area (Å²) in [6.07, 6.45) is 1.59. The van der Waals surface area contributed by atoms with Gasteiger partial charge >= 0.3 is 0 Å². The molecule has 0 saturated carbocycles. The van der Waals surface area contributed by atoms with Crippen molar-refractivity contribution in [2.75, 3.05) is 5.32 Å². The van der Waals surface area contributed by atoms with Crippen LogP contribution in [0, 0.1) is 13.8 Å². The molecule has 1 aromatic carbocycles. The molecule has 5 heteroatoms. The molecule has 19 heavy (non-hydrogen) atoms. The van der Waals surface area contributed by atoms with Crippen LogP contribution >= 0.6 is 11.3 Å². The fourth-order valence-electron chi connectivity index (χ4n) is 2.04. The second-order valence-corrected chi connectivity index (χ2v) is 5.23. The second-order valence-electron chi connectivity index (χ2n) is 4.34. The predicted molar refractivity (Wildman–Crippen MR) is 75.8 cm³/mol. The van der Waals surface area contributed by atoms with Crippen LogP contribution in [0.1, 0.15) is 21.7 Å². The molecule has 0 radical (unpaired) electrons. The number of furan rings is 1. The van der Waals surface area contributed by atoms with E-state index in [2.05, 4.69) is 10.3 Å². The van der Waals surface area contributed by atoms with E-state index in [1.165, 1.54) is 0 Å². The lowest BCUT2D eigenvalue weighted by atomic mass is 10.1. The first-order chi connectivity index (χ1) is 9.15. The third-order valence-electron chi connectivity index (χ3n) is 2.97. The van der Waals surface area contributed by atoms with Crippen molar-refractivity contribution in [3.63, 3.8) is 0 Å². The maximum atomic E-state index is 12.2. The minimum absolute atomic E-state index is 0.154. The fraction of sp³-hybridized carbons (Fsp3) is 0.143. The molecule has 0 fully saturated rings. The van der Waals surface area contributed by atoms with Crippen LogP contribution in [0.3, 0.4) is 0 Å². The van der Waals surface area contributed by atoms with E-state index in [1.54, 1.807) is 30.0 Å². The van der Waals surface area contributed by atoms with Gasteiger partial charge in [-0.3, -0.25) is 4.79 Å². The molecule has 0 bridgehead atoms. The second kappa shape index (κ2) is 4.51. The molecule has 0 aliphatic heterocycles. The maximum absolute atomic E-state index is 12.2. The number of amides is 1. The largest absolute Gasteiger partial charge is 0.469 e. The highest BCUT2D eigenvalue weighted by atomic mass is 32.1. The van der Waals surface area contributed by atoms with Gasteiger partial charge in [0, 0.05) is 11.3 Å². The maximum Gasteiger partial charge on any atom is 0.259 e. The molecular weight excluding hydrogens is 260 g/mol. The minimum Gasteiger partial charge on any atom is -0.469 e. The molecule has 3 aromatic rings. The molecular formula is C14H12N2O2S. The Kier molecular flexibility index (Phi) is 2.83. The summed E-state index contributed by atoms with van der Waals surface area (Å²) in [6.45, 7) is 3.64. The summed E-state index contributed by atoms with van der Waals surface area (Å²) in [6, 6.07) is 5.70. The highest BCUT2D eigenvalue weighted by Gasteiger charge is 2.15. The van der Waals surface area contributed by atoms with Crippen LogP contribution in [0.4, 0.5) is 5.69 Å². The van der Waals surface area contributed by atoms with Gasteiger partial charge in [0.1, 0.15) is 5.76 Å². The minimum atomic E-state index is -0.154. The standard InChI is InChI=1S/C14H12N2O2S/c1-8-6-18-9(2)13(8)14(17)16-10-3-4-12-11(5-10)15-7-19-12/h3-7H,1-2H3,(H,16,17). The van der Waals surface area contributed by atoms with Crippen molar-refractivity contribution in [3.05, 3.63) is 46.9 Å². The fourth-order valence-corrected chi connectivity index (χ4v) is 2.70. The van der Waals surface area contributed by atoms with E-state index in [1.807, 2.05) is 25.1 Å². The number of nitrogens with one attached hydrogen (secondary N) is 1. The van der Waals surface area contributed by atoms with Gasteiger partial charge in [0.15, 0.2) is 0 Å². The molecule has 0 saturated heterocycles. The van der Waals surface area contributed by atoms with Crippen molar-refractivity contribution >= 4 is 33.1 Å². The topological polar surface area (TPSA) is 55.1 Å². The molecule has 1 N–H and O–H groups in total. The lowest BCUT2D eigenvalue weighted by molar-refractivity contribution is 0.102. The first kappa shape index (κ1) is 11.9. The van der Waals surface area contributed by atoms with Gasteiger partial charge in [-0.1, -0.05) is 0 Å². The number of fused-ring (bicyclic) bond motifs is 1. The highest BCUT2D eigenvalue weighted by Crippen LogP contribution is 2.23. The number of thiazole rings is 1. The Hall–Kier alpha value is -2.14. The summed E-state index contributed by atoms with van der Waals surface area (Å²) in [4.78, 5) is 16.4. The van der Waals surface area contributed by atoms with Gasteiger partial charge in [0.2, 0.25) is 0 Å². The Balaban J connectivity index is 1.90. The van der Waals surface area contributed by atoms with Gasteiger partial charge in [0.05, 0.1) is 27.6 Å². The molecule has 2 heterocycles. The molecule has 3 rings (SSSR count). The number of carbonyl (C=O) groups excluding carboxylic acids is 1. The van der Waals surface area contributed by atoms with Crippen LogP contribution in [0.15, 0.2) is 34.4 Å². The summed E-state index contributed by atoms with van der Waals surface area (Å²) < 4.78 is 6.35. The zero-order valence-electron chi connectivity index (χ0n) is 10.6. The number of benzene rings is 1.